The number of carbonyl (C=O) groups is 2. The number of hydrogen-bond acceptors (Lipinski definition) is 4. The average molecular weight is 299 g/mol. The smallest absolute Gasteiger partial charge is 0.407 e. The van der Waals surface area contributed by atoms with Gasteiger partial charge in [-0.15, -0.1) is 0 Å². The van der Waals surface area contributed by atoms with Crippen LogP contribution >= 0.6 is 11.6 Å². The zero-order chi connectivity index (χ0) is 15.3. The molecule has 0 aliphatic rings. The molecule has 1 amide bonds. The first-order valence-electron chi connectivity index (χ1n) is 6.31. The van der Waals surface area contributed by atoms with Crippen molar-refractivity contribution in [1.29, 1.82) is 0 Å². The summed E-state index contributed by atoms with van der Waals surface area (Å²) in [7, 11) is 0. The van der Waals surface area contributed by atoms with Crippen LogP contribution in [0.15, 0.2) is 12.1 Å². The second-order valence-electron chi connectivity index (χ2n) is 5.42. The summed E-state index contributed by atoms with van der Waals surface area (Å²) < 4.78 is 5.12. The Kier molecular flexibility index (Phi) is 5.51. The van der Waals surface area contributed by atoms with Gasteiger partial charge in [0.05, 0.1) is 0 Å². The highest BCUT2D eigenvalue weighted by atomic mass is 35.5. The summed E-state index contributed by atoms with van der Waals surface area (Å²) in [6, 6.07) is 3.34. The van der Waals surface area contributed by atoms with Crippen molar-refractivity contribution in [3.05, 3.63) is 28.5 Å². The number of amides is 1. The van der Waals surface area contributed by atoms with Gasteiger partial charge in [0.2, 0.25) is 0 Å². The highest BCUT2D eigenvalue weighted by Gasteiger charge is 2.15. The first-order valence-corrected chi connectivity index (χ1v) is 6.69. The Morgan fingerprint density at radius 1 is 1.35 bits per heavy atom. The predicted molar refractivity (Wildman–Crippen MR) is 77.2 cm³/mol. The SMILES string of the molecule is CC(=O)c1cc(CCNC(=O)OC(C)(C)C)cc(Cl)n1. The summed E-state index contributed by atoms with van der Waals surface area (Å²) in [5.74, 6) is -0.145. The number of ether oxygens (including phenoxy) is 1. The Morgan fingerprint density at radius 3 is 2.55 bits per heavy atom. The molecule has 5 nitrogen and oxygen atoms in total. The van der Waals surface area contributed by atoms with E-state index in [1.807, 2.05) is 0 Å². The standard InChI is InChI=1S/C14H19ClN2O3/c1-9(18)11-7-10(8-12(15)17-11)5-6-16-13(19)20-14(2,3)4/h7-8H,5-6H2,1-4H3,(H,16,19). The van der Waals surface area contributed by atoms with Gasteiger partial charge in [-0.3, -0.25) is 4.79 Å². The third kappa shape index (κ3) is 6.02. The number of aromatic nitrogens is 1. The van der Waals surface area contributed by atoms with Crippen LogP contribution in [0.2, 0.25) is 5.15 Å². The van der Waals surface area contributed by atoms with E-state index in [4.69, 9.17) is 16.3 Å². The van der Waals surface area contributed by atoms with Crippen LogP contribution in [0.1, 0.15) is 43.7 Å². The van der Waals surface area contributed by atoms with E-state index < -0.39 is 11.7 Å². The Bertz CT molecular complexity index is 510. The number of carbonyl (C=O) groups excluding carboxylic acids is 2. The molecule has 0 spiro atoms. The second-order valence-corrected chi connectivity index (χ2v) is 5.81. The van der Waals surface area contributed by atoms with E-state index in [2.05, 4.69) is 10.3 Å². The summed E-state index contributed by atoms with van der Waals surface area (Å²) in [6.45, 7) is 7.23. The van der Waals surface area contributed by atoms with Crippen LogP contribution < -0.4 is 5.32 Å². The molecular formula is C14H19ClN2O3. The lowest BCUT2D eigenvalue weighted by molar-refractivity contribution is 0.0528. The Morgan fingerprint density at radius 2 is 2.00 bits per heavy atom. The maximum Gasteiger partial charge on any atom is 0.407 e. The summed E-state index contributed by atoms with van der Waals surface area (Å²) in [5.41, 5.74) is 0.641. The number of rotatable bonds is 4. The van der Waals surface area contributed by atoms with E-state index in [0.717, 1.165) is 5.56 Å². The number of ketones is 1. The average Bonchev–Trinajstić information content (AvgIpc) is 2.25. The van der Waals surface area contributed by atoms with Crippen LogP contribution in [-0.4, -0.2) is 29.0 Å². The highest BCUT2D eigenvalue weighted by Crippen LogP contribution is 2.12. The first-order chi connectivity index (χ1) is 9.17. The third-order valence-electron chi connectivity index (χ3n) is 2.30. The van der Waals surface area contributed by atoms with E-state index >= 15 is 0 Å². The summed E-state index contributed by atoms with van der Waals surface area (Å²) >= 11 is 5.85. The van der Waals surface area contributed by atoms with E-state index in [0.29, 0.717) is 18.7 Å². The van der Waals surface area contributed by atoms with Crippen molar-refractivity contribution in [3.63, 3.8) is 0 Å². The van der Waals surface area contributed by atoms with E-state index in [9.17, 15) is 9.59 Å². The molecule has 0 aromatic carbocycles. The molecule has 1 N–H and O–H groups in total. The van der Waals surface area contributed by atoms with Crippen LogP contribution in [0.5, 0.6) is 0 Å². The van der Waals surface area contributed by atoms with Gasteiger partial charge >= 0.3 is 6.09 Å². The number of halogens is 1. The lowest BCUT2D eigenvalue weighted by atomic mass is 10.1. The Hall–Kier alpha value is -1.62. The van der Waals surface area contributed by atoms with Gasteiger partial charge in [0.25, 0.3) is 0 Å². The Balaban J connectivity index is 2.54. The summed E-state index contributed by atoms with van der Waals surface area (Å²) in [6.07, 6.45) is 0.0753. The fraction of sp³-hybridized carbons (Fsp3) is 0.500. The minimum Gasteiger partial charge on any atom is -0.444 e. The molecule has 0 atom stereocenters. The van der Waals surface area contributed by atoms with Gasteiger partial charge < -0.3 is 10.1 Å². The van der Waals surface area contributed by atoms with Crippen LogP contribution in [0.4, 0.5) is 4.79 Å². The minimum atomic E-state index is -0.522. The molecule has 20 heavy (non-hydrogen) atoms. The first kappa shape index (κ1) is 16.4. The van der Waals surface area contributed by atoms with Crippen LogP contribution in [0.25, 0.3) is 0 Å². The summed E-state index contributed by atoms with van der Waals surface area (Å²) in [4.78, 5) is 26.7. The third-order valence-corrected chi connectivity index (χ3v) is 2.49. The van der Waals surface area contributed by atoms with Gasteiger partial charge in [-0.2, -0.15) is 0 Å². The predicted octanol–water partition coefficient (Wildman–Crippen LogP) is 3.00. The molecule has 0 fully saturated rings. The van der Waals surface area contributed by atoms with Crippen molar-refractivity contribution in [2.45, 2.75) is 39.7 Å². The molecule has 0 saturated carbocycles. The fourth-order valence-corrected chi connectivity index (χ4v) is 1.73. The molecule has 0 bridgehead atoms. The number of Topliss-reactive ketones (excluding diaryl/α,β-unsaturated/α-hetero) is 1. The van der Waals surface area contributed by atoms with Crippen molar-refractivity contribution in [1.82, 2.24) is 10.3 Å². The molecular weight excluding hydrogens is 280 g/mol. The number of alkyl carbamates (subject to hydrolysis) is 1. The highest BCUT2D eigenvalue weighted by molar-refractivity contribution is 6.29. The van der Waals surface area contributed by atoms with Crippen molar-refractivity contribution >= 4 is 23.5 Å². The largest absolute Gasteiger partial charge is 0.444 e. The fourth-order valence-electron chi connectivity index (χ4n) is 1.50. The molecule has 1 rings (SSSR count). The maximum absolute atomic E-state index is 11.5. The normalized spacial score (nSPS) is 11.1. The number of pyridine rings is 1. The van der Waals surface area contributed by atoms with Crippen molar-refractivity contribution in [3.8, 4) is 0 Å². The maximum atomic E-state index is 11.5. The van der Waals surface area contributed by atoms with Crippen LogP contribution in [0, 0.1) is 0 Å². The number of nitrogens with zero attached hydrogens (tertiary/aromatic N) is 1. The lowest BCUT2D eigenvalue weighted by Gasteiger charge is -2.19. The van der Waals surface area contributed by atoms with Gasteiger partial charge in [0.15, 0.2) is 5.78 Å². The number of nitrogens with one attached hydrogen (secondary N) is 1. The number of hydrogen-bond donors (Lipinski definition) is 1. The van der Waals surface area contributed by atoms with Crippen LogP contribution in [-0.2, 0) is 11.2 Å². The molecule has 1 aromatic rings. The Labute approximate surface area is 123 Å². The van der Waals surface area contributed by atoms with E-state index in [1.165, 1.54) is 6.92 Å². The van der Waals surface area contributed by atoms with Gasteiger partial charge in [-0.25, -0.2) is 9.78 Å². The van der Waals surface area contributed by atoms with E-state index in [1.54, 1.807) is 32.9 Å². The minimum absolute atomic E-state index is 0.145. The second kappa shape index (κ2) is 6.70. The molecule has 0 radical (unpaired) electrons. The topological polar surface area (TPSA) is 68.3 Å². The quantitative estimate of drug-likeness (QED) is 0.685. The van der Waals surface area contributed by atoms with Gasteiger partial charge in [0, 0.05) is 13.5 Å². The molecule has 0 aliphatic heterocycles. The monoisotopic (exact) mass is 298 g/mol. The zero-order valence-corrected chi connectivity index (χ0v) is 12.9. The van der Waals surface area contributed by atoms with Gasteiger partial charge in [0.1, 0.15) is 16.4 Å². The van der Waals surface area contributed by atoms with Crippen LogP contribution in [0.3, 0.4) is 0 Å². The molecule has 6 heteroatoms. The summed E-state index contributed by atoms with van der Waals surface area (Å²) in [5, 5.41) is 2.91. The van der Waals surface area contributed by atoms with Gasteiger partial charge in [-0.05, 0) is 44.9 Å². The lowest BCUT2D eigenvalue weighted by Crippen LogP contribution is -2.33. The molecule has 1 heterocycles. The molecule has 0 aliphatic carbocycles. The van der Waals surface area contributed by atoms with Crippen molar-refractivity contribution in [2.24, 2.45) is 0 Å². The molecule has 0 saturated heterocycles. The van der Waals surface area contributed by atoms with Gasteiger partial charge in [-0.1, -0.05) is 11.6 Å². The van der Waals surface area contributed by atoms with Crippen molar-refractivity contribution in [2.75, 3.05) is 6.54 Å². The zero-order valence-electron chi connectivity index (χ0n) is 12.1. The molecule has 0 unspecified atom stereocenters. The molecule has 110 valence electrons. The van der Waals surface area contributed by atoms with E-state index in [-0.39, 0.29) is 10.9 Å². The van der Waals surface area contributed by atoms with Crippen molar-refractivity contribution < 1.29 is 14.3 Å². The molecule has 1 aromatic heterocycles.